The lowest BCUT2D eigenvalue weighted by molar-refractivity contribution is 0.226. The van der Waals surface area contributed by atoms with Crippen molar-refractivity contribution in [3.63, 3.8) is 0 Å². The molecule has 0 spiro atoms. The van der Waals surface area contributed by atoms with Gasteiger partial charge in [-0.2, -0.15) is 0 Å². The van der Waals surface area contributed by atoms with Crippen molar-refractivity contribution in [1.82, 2.24) is 15.1 Å². The standard InChI is InChI=1S/C15H31N3/c1-2-8-16-14-15-7-5-12-18(15)13-6-11-17-9-3-4-10-17/h15-16H,2-14H2,1H3. The van der Waals surface area contributed by atoms with Crippen molar-refractivity contribution in [1.29, 1.82) is 0 Å². The Morgan fingerprint density at radius 2 is 1.89 bits per heavy atom. The first-order valence-corrected chi connectivity index (χ1v) is 8.07. The van der Waals surface area contributed by atoms with E-state index in [0.717, 1.165) is 6.04 Å². The van der Waals surface area contributed by atoms with Crippen LogP contribution >= 0.6 is 0 Å². The van der Waals surface area contributed by atoms with Crippen LogP contribution < -0.4 is 5.32 Å². The highest BCUT2D eigenvalue weighted by Crippen LogP contribution is 2.17. The molecule has 0 aliphatic carbocycles. The van der Waals surface area contributed by atoms with Crippen LogP contribution in [0.4, 0.5) is 0 Å². The van der Waals surface area contributed by atoms with Crippen molar-refractivity contribution < 1.29 is 0 Å². The molecule has 3 heteroatoms. The Hall–Kier alpha value is -0.120. The number of hydrogen-bond donors (Lipinski definition) is 1. The van der Waals surface area contributed by atoms with Gasteiger partial charge in [-0.25, -0.2) is 0 Å². The van der Waals surface area contributed by atoms with Gasteiger partial charge in [0.1, 0.15) is 0 Å². The van der Waals surface area contributed by atoms with E-state index in [9.17, 15) is 0 Å². The lowest BCUT2D eigenvalue weighted by atomic mass is 10.2. The minimum atomic E-state index is 0.815. The van der Waals surface area contributed by atoms with Gasteiger partial charge in [0.25, 0.3) is 0 Å². The molecule has 2 fully saturated rings. The average Bonchev–Trinajstić information content (AvgIpc) is 3.02. The molecule has 0 aromatic rings. The molecule has 0 radical (unpaired) electrons. The summed E-state index contributed by atoms with van der Waals surface area (Å²) >= 11 is 0. The van der Waals surface area contributed by atoms with E-state index < -0.39 is 0 Å². The van der Waals surface area contributed by atoms with Crippen LogP contribution in [-0.4, -0.2) is 61.7 Å². The Labute approximate surface area is 113 Å². The van der Waals surface area contributed by atoms with Gasteiger partial charge in [-0.05, 0) is 77.8 Å². The third kappa shape index (κ3) is 4.52. The van der Waals surface area contributed by atoms with Gasteiger partial charge in [0.2, 0.25) is 0 Å². The molecule has 0 aromatic heterocycles. The summed E-state index contributed by atoms with van der Waals surface area (Å²) in [5, 5.41) is 3.59. The number of likely N-dealkylation sites (tertiary alicyclic amines) is 2. The van der Waals surface area contributed by atoms with E-state index in [2.05, 4.69) is 22.0 Å². The van der Waals surface area contributed by atoms with Gasteiger partial charge in [-0.3, -0.25) is 4.90 Å². The van der Waals surface area contributed by atoms with Crippen LogP contribution in [0.25, 0.3) is 0 Å². The summed E-state index contributed by atoms with van der Waals surface area (Å²) in [5.41, 5.74) is 0. The molecule has 1 unspecified atom stereocenters. The highest BCUT2D eigenvalue weighted by molar-refractivity contribution is 4.81. The van der Waals surface area contributed by atoms with Crippen molar-refractivity contribution in [3.05, 3.63) is 0 Å². The maximum absolute atomic E-state index is 3.59. The van der Waals surface area contributed by atoms with E-state index in [-0.39, 0.29) is 0 Å². The normalized spacial score (nSPS) is 26.2. The summed E-state index contributed by atoms with van der Waals surface area (Å²) in [6, 6.07) is 0.815. The summed E-state index contributed by atoms with van der Waals surface area (Å²) in [7, 11) is 0. The van der Waals surface area contributed by atoms with Crippen LogP contribution in [0.5, 0.6) is 0 Å². The van der Waals surface area contributed by atoms with E-state index in [1.165, 1.54) is 84.3 Å². The van der Waals surface area contributed by atoms with Gasteiger partial charge in [0.15, 0.2) is 0 Å². The van der Waals surface area contributed by atoms with Crippen molar-refractivity contribution >= 4 is 0 Å². The molecular formula is C15H31N3. The second-order valence-electron chi connectivity index (χ2n) is 5.94. The number of rotatable bonds is 8. The molecular weight excluding hydrogens is 222 g/mol. The molecule has 106 valence electrons. The highest BCUT2D eigenvalue weighted by Gasteiger charge is 2.23. The predicted octanol–water partition coefficient (Wildman–Crippen LogP) is 1.94. The number of nitrogens with zero attached hydrogens (tertiary/aromatic N) is 2. The summed E-state index contributed by atoms with van der Waals surface area (Å²) in [5.74, 6) is 0. The van der Waals surface area contributed by atoms with Gasteiger partial charge in [0, 0.05) is 12.6 Å². The molecule has 2 aliphatic heterocycles. The second-order valence-corrected chi connectivity index (χ2v) is 5.94. The van der Waals surface area contributed by atoms with Crippen molar-refractivity contribution in [2.75, 3.05) is 45.8 Å². The van der Waals surface area contributed by atoms with Crippen molar-refractivity contribution in [2.45, 2.75) is 51.5 Å². The molecule has 18 heavy (non-hydrogen) atoms. The van der Waals surface area contributed by atoms with E-state index in [4.69, 9.17) is 0 Å². The van der Waals surface area contributed by atoms with Gasteiger partial charge in [0.05, 0.1) is 0 Å². The fourth-order valence-corrected chi connectivity index (χ4v) is 3.37. The first-order valence-electron chi connectivity index (χ1n) is 8.07. The first kappa shape index (κ1) is 14.3. The topological polar surface area (TPSA) is 18.5 Å². The van der Waals surface area contributed by atoms with E-state index >= 15 is 0 Å². The lowest BCUT2D eigenvalue weighted by Gasteiger charge is -2.25. The zero-order valence-electron chi connectivity index (χ0n) is 12.2. The van der Waals surface area contributed by atoms with Crippen LogP contribution in [0.3, 0.4) is 0 Å². The van der Waals surface area contributed by atoms with E-state index in [1.54, 1.807) is 0 Å². The Kier molecular flexibility index (Phi) is 6.46. The summed E-state index contributed by atoms with van der Waals surface area (Å²) in [6.07, 6.45) is 8.27. The minimum absolute atomic E-state index is 0.815. The van der Waals surface area contributed by atoms with Gasteiger partial charge in [-0.1, -0.05) is 6.92 Å². The molecule has 0 bridgehead atoms. The molecule has 1 N–H and O–H groups in total. The third-order valence-corrected chi connectivity index (χ3v) is 4.42. The van der Waals surface area contributed by atoms with Crippen LogP contribution in [-0.2, 0) is 0 Å². The van der Waals surface area contributed by atoms with Crippen molar-refractivity contribution in [2.24, 2.45) is 0 Å². The highest BCUT2D eigenvalue weighted by atomic mass is 15.2. The Morgan fingerprint density at radius 1 is 1.06 bits per heavy atom. The quantitative estimate of drug-likeness (QED) is 0.667. The number of hydrogen-bond acceptors (Lipinski definition) is 3. The Balaban J connectivity index is 1.58. The maximum Gasteiger partial charge on any atom is 0.0221 e. The molecule has 0 saturated carbocycles. The molecule has 2 rings (SSSR count). The van der Waals surface area contributed by atoms with Crippen LogP contribution in [0.1, 0.15) is 45.4 Å². The van der Waals surface area contributed by atoms with Gasteiger partial charge in [-0.15, -0.1) is 0 Å². The summed E-state index contributed by atoms with van der Waals surface area (Å²) in [6.45, 7) is 11.3. The SMILES string of the molecule is CCCNCC1CCCN1CCCN1CCCC1. The van der Waals surface area contributed by atoms with E-state index in [0.29, 0.717) is 0 Å². The molecule has 2 saturated heterocycles. The second kappa shape index (κ2) is 8.13. The average molecular weight is 253 g/mol. The van der Waals surface area contributed by atoms with Crippen molar-refractivity contribution in [3.8, 4) is 0 Å². The summed E-state index contributed by atoms with van der Waals surface area (Å²) in [4.78, 5) is 5.36. The molecule has 3 nitrogen and oxygen atoms in total. The zero-order chi connectivity index (χ0) is 12.6. The fraction of sp³-hybridized carbons (Fsp3) is 1.00. The largest absolute Gasteiger partial charge is 0.315 e. The van der Waals surface area contributed by atoms with Crippen LogP contribution in [0.15, 0.2) is 0 Å². The van der Waals surface area contributed by atoms with Crippen LogP contribution in [0, 0.1) is 0 Å². The molecule has 2 heterocycles. The number of nitrogens with one attached hydrogen (secondary N) is 1. The predicted molar refractivity (Wildman–Crippen MR) is 78.0 cm³/mol. The van der Waals surface area contributed by atoms with Crippen LogP contribution in [0.2, 0.25) is 0 Å². The minimum Gasteiger partial charge on any atom is -0.315 e. The Bertz CT molecular complexity index is 214. The smallest absolute Gasteiger partial charge is 0.0221 e. The summed E-state index contributed by atoms with van der Waals surface area (Å²) < 4.78 is 0. The Morgan fingerprint density at radius 3 is 2.67 bits per heavy atom. The van der Waals surface area contributed by atoms with E-state index in [1.807, 2.05) is 0 Å². The lowest BCUT2D eigenvalue weighted by Crippen LogP contribution is -2.39. The molecule has 1 atom stereocenters. The fourth-order valence-electron chi connectivity index (χ4n) is 3.37. The molecule has 2 aliphatic rings. The third-order valence-electron chi connectivity index (χ3n) is 4.42. The van der Waals surface area contributed by atoms with Gasteiger partial charge < -0.3 is 10.2 Å². The zero-order valence-corrected chi connectivity index (χ0v) is 12.2. The first-order chi connectivity index (χ1) is 8.90. The maximum atomic E-state index is 3.59. The molecule has 0 amide bonds. The van der Waals surface area contributed by atoms with Gasteiger partial charge >= 0.3 is 0 Å². The monoisotopic (exact) mass is 253 g/mol. The molecule has 0 aromatic carbocycles.